The van der Waals surface area contributed by atoms with Crippen LogP contribution in [0.15, 0.2) is 18.2 Å². The van der Waals surface area contributed by atoms with E-state index in [4.69, 9.17) is 9.31 Å². The van der Waals surface area contributed by atoms with Gasteiger partial charge in [0.05, 0.1) is 11.2 Å². The Hall–Kier alpha value is -0.795. The van der Waals surface area contributed by atoms with Crippen molar-refractivity contribution in [2.75, 3.05) is 0 Å². The number of aryl methyl sites for hydroxylation is 2. The fourth-order valence-electron chi connectivity index (χ4n) is 3.06. The second kappa shape index (κ2) is 7.40. The molecule has 3 heteroatoms. The minimum atomic E-state index is -0.276. The lowest BCUT2D eigenvalue weighted by atomic mass is 9.75. The van der Waals surface area contributed by atoms with Crippen molar-refractivity contribution in [1.82, 2.24) is 0 Å². The first kappa shape index (κ1) is 18.5. The highest BCUT2D eigenvalue weighted by Gasteiger charge is 2.51. The zero-order chi connectivity index (χ0) is 17.1. The van der Waals surface area contributed by atoms with Gasteiger partial charge in [0.15, 0.2) is 0 Å². The third-order valence-corrected chi connectivity index (χ3v) is 5.41. The molecule has 0 aromatic heterocycles. The summed E-state index contributed by atoms with van der Waals surface area (Å²) < 4.78 is 12.3. The molecule has 1 heterocycles. The van der Waals surface area contributed by atoms with Crippen molar-refractivity contribution in [2.45, 2.75) is 91.3 Å². The van der Waals surface area contributed by atoms with Gasteiger partial charge in [-0.3, -0.25) is 0 Å². The summed E-state index contributed by atoms with van der Waals surface area (Å²) in [5, 5.41) is 0. The number of hydrogen-bond donors (Lipinski definition) is 0. The minimum absolute atomic E-state index is 0.251. The molecule has 1 aliphatic rings. The van der Waals surface area contributed by atoms with Gasteiger partial charge in [-0.1, -0.05) is 56.4 Å². The van der Waals surface area contributed by atoms with Gasteiger partial charge in [-0.2, -0.15) is 0 Å². The molecule has 0 N–H and O–H groups in total. The predicted molar refractivity (Wildman–Crippen MR) is 99.4 cm³/mol. The summed E-state index contributed by atoms with van der Waals surface area (Å²) in [7, 11) is -0.251. The van der Waals surface area contributed by atoms with Crippen molar-refractivity contribution in [1.29, 1.82) is 0 Å². The molecule has 0 saturated carbocycles. The smallest absolute Gasteiger partial charge is 0.399 e. The molecule has 0 bridgehead atoms. The van der Waals surface area contributed by atoms with Crippen LogP contribution in [-0.2, 0) is 15.7 Å². The van der Waals surface area contributed by atoms with Gasteiger partial charge in [0.1, 0.15) is 0 Å². The number of rotatable bonds is 7. The third-order valence-electron chi connectivity index (χ3n) is 5.41. The fraction of sp³-hybridized carbons (Fsp3) is 0.700. The van der Waals surface area contributed by atoms with E-state index in [0.717, 1.165) is 0 Å². The van der Waals surface area contributed by atoms with Gasteiger partial charge >= 0.3 is 7.12 Å². The van der Waals surface area contributed by atoms with Gasteiger partial charge in [0, 0.05) is 0 Å². The normalized spacial score (nSPS) is 19.3. The van der Waals surface area contributed by atoms with E-state index in [0.29, 0.717) is 0 Å². The van der Waals surface area contributed by atoms with E-state index in [1.165, 1.54) is 55.1 Å². The molecule has 2 rings (SSSR count). The Balaban J connectivity index is 1.98. The quantitative estimate of drug-likeness (QED) is 0.531. The SMILES string of the molecule is CCCCCCCc1ccc(B2OC(C)(C)C(C)(C)O2)c(C)c1. The lowest BCUT2D eigenvalue weighted by molar-refractivity contribution is 0.00578. The number of unbranched alkanes of at least 4 members (excludes halogenated alkanes) is 4. The van der Waals surface area contributed by atoms with Gasteiger partial charge in [0.2, 0.25) is 0 Å². The summed E-state index contributed by atoms with van der Waals surface area (Å²) in [6.07, 6.45) is 7.83. The molecule has 1 aromatic carbocycles. The average Bonchev–Trinajstić information content (AvgIpc) is 2.67. The van der Waals surface area contributed by atoms with Crippen LogP contribution in [0.1, 0.15) is 77.8 Å². The third kappa shape index (κ3) is 4.39. The van der Waals surface area contributed by atoms with Crippen LogP contribution in [-0.4, -0.2) is 18.3 Å². The summed E-state index contributed by atoms with van der Waals surface area (Å²) in [5.74, 6) is 0. The lowest BCUT2D eigenvalue weighted by Crippen LogP contribution is -2.41. The molecule has 128 valence electrons. The topological polar surface area (TPSA) is 18.5 Å². The molecule has 0 amide bonds. The Labute approximate surface area is 143 Å². The first-order valence-corrected chi connectivity index (χ1v) is 9.22. The summed E-state index contributed by atoms with van der Waals surface area (Å²) in [4.78, 5) is 0. The maximum Gasteiger partial charge on any atom is 0.495 e. The molecule has 1 saturated heterocycles. The van der Waals surface area contributed by atoms with Crippen LogP contribution in [0.5, 0.6) is 0 Å². The van der Waals surface area contributed by atoms with Crippen molar-refractivity contribution in [3.05, 3.63) is 29.3 Å². The van der Waals surface area contributed by atoms with Crippen LogP contribution < -0.4 is 5.46 Å². The largest absolute Gasteiger partial charge is 0.495 e. The van der Waals surface area contributed by atoms with Crippen LogP contribution in [0, 0.1) is 6.92 Å². The molecule has 2 nitrogen and oxygen atoms in total. The number of benzene rings is 1. The maximum absolute atomic E-state index is 6.17. The molecule has 0 aliphatic carbocycles. The van der Waals surface area contributed by atoms with E-state index in [1.807, 2.05) is 0 Å². The monoisotopic (exact) mass is 316 g/mol. The van der Waals surface area contributed by atoms with E-state index < -0.39 is 0 Å². The first-order chi connectivity index (χ1) is 10.8. The summed E-state index contributed by atoms with van der Waals surface area (Å²) in [6, 6.07) is 6.74. The van der Waals surface area contributed by atoms with E-state index in [9.17, 15) is 0 Å². The zero-order valence-electron chi connectivity index (χ0n) is 15.9. The summed E-state index contributed by atoms with van der Waals surface area (Å²) in [6.45, 7) is 12.8. The van der Waals surface area contributed by atoms with E-state index in [-0.39, 0.29) is 18.3 Å². The standard InChI is InChI=1S/C20H33BO2/c1-7-8-9-10-11-12-17-13-14-18(16(2)15-17)21-22-19(3,4)20(5,6)23-21/h13-15H,7-12H2,1-6H3. The zero-order valence-corrected chi connectivity index (χ0v) is 15.9. The second-order valence-electron chi connectivity index (χ2n) is 7.94. The van der Waals surface area contributed by atoms with Crippen LogP contribution in [0.25, 0.3) is 0 Å². The highest BCUT2D eigenvalue weighted by molar-refractivity contribution is 6.62. The first-order valence-electron chi connectivity index (χ1n) is 9.22. The van der Waals surface area contributed by atoms with Crippen LogP contribution in [0.3, 0.4) is 0 Å². The molecule has 1 fully saturated rings. The predicted octanol–water partition coefficient (Wildman–Crippen LogP) is 4.81. The Kier molecular flexibility index (Phi) is 5.96. The molecule has 0 atom stereocenters. The maximum atomic E-state index is 6.17. The molecule has 0 unspecified atom stereocenters. The van der Waals surface area contributed by atoms with Gasteiger partial charge in [-0.05, 0) is 58.5 Å². The Bertz CT molecular complexity index is 506. The average molecular weight is 316 g/mol. The second-order valence-corrected chi connectivity index (χ2v) is 7.94. The van der Waals surface area contributed by atoms with E-state index in [2.05, 4.69) is 59.7 Å². The highest BCUT2D eigenvalue weighted by Crippen LogP contribution is 2.36. The Morgan fingerprint density at radius 1 is 0.913 bits per heavy atom. The molecule has 1 aliphatic heterocycles. The lowest BCUT2D eigenvalue weighted by Gasteiger charge is -2.32. The van der Waals surface area contributed by atoms with Gasteiger partial charge in [-0.15, -0.1) is 0 Å². The molecular formula is C20H33BO2. The van der Waals surface area contributed by atoms with Crippen molar-refractivity contribution in [3.63, 3.8) is 0 Å². The molecule has 23 heavy (non-hydrogen) atoms. The molecular weight excluding hydrogens is 283 g/mol. The minimum Gasteiger partial charge on any atom is -0.399 e. The van der Waals surface area contributed by atoms with Crippen molar-refractivity contribution >= 4 is 12.6 Å². The van der Waals surface area contributed by atoms with E-state index >= 15 is 0 Å². The Morgan fingerprint density at radius 2 is 1.52 bits per heavy atom. The van der Waals surface area contributed by atoms with Gasteiger partial charge in [0.25, 0.3) is 0 Å². The van der Waals surface area contributed by atoms with Crippen LogP contribution in [0.4, 0.5) is 0 Å². The van der Waals surface area contributed by atoms with Gasteiger partial charge < -0.3 is 9.31 Å². The van der Waals surface area contributed by atoms with E-state index in [1.54, 1.807) is 0 Å². The van der Waals surface area contributed by atoms with Crippen molar-refractivity contribution < 1.29 is 9.31 Å². The Morgan fingerprint density at radius 3 is 2.09 bits per heavy atom. The summed E-state index contributed by atoms with van der Waals surface area (Å²) >= 11 is 0. The number of hydrogen-bond acceptors (Lipinski definition) is 2. The van der Waals surface area contributed by atoms with Gasteiger partial charge in [-0.25, -0.2) is 0 Å². The molecule has 0 spiro atoms. The fourth-order valence-corrected chi connectivity index (χ4v) is 3.06. The molecule has 0 radical (unpaired) electrons. The van der Waals surface area contributed by atoms with Crippen LogP contribution >= 0.6 is 0 Å². The van der Waals surface area contributed by atoms with Crippen molar-refractivity contribution in [2.24, 2.45) is 0 Å². The summed E-state index contributed by atoms with van der Waals surface area (Å²) in [5.41, 5.74) is 3.32. The highest BCUT2D eigenvalue weighted by atomic mass is 16.7. The molecule has 1 aromatic rings. The van der Waals surface area contributed by atoms with Crippen LogP contribution in [0.2, 0.25) is 0 Å². The van der Waals surface area contributed by atoms with Crippen molar-refractivity contribution in [3.8, 4) is 0 Å².